The lowest BCUT2D eigenvalue weighted by Gasteiger charge is -2.24. The van der Waals surface area contributed by atoms with E-state index in [1.807, 2.05) is 11.9 Å². The second-order valence-corrected chi connectivity index (χ2v) is 9.10. The van der Waals surface area contributed by atoms with Crippen LogP contribution >= 0.6 is 35.7 Å². The van der Waals surface area contributed by atoms with E-state index in [1.54, 1.807) is 0 Å². The molecule has 2 N–H and O–H groups in total. The van der Waals surface area contributed by atoms with E-state index in [4.69, 9.17) is 0 Å². The molecule has 27 heavy (non-hydrogen) atoms. The molecule has 2 saturated heterocycles. The Balaban J connectivity index is 0.00000261. The quantitative estimate of drug-likeness (QED) is 0.356. The van der Waals surface area contributed by atoms with Crippen molar-refractivity contribution in [3.8, 4) is 0 Å². The van der Waals surface area contributed by atoms with Crippen LogP contribution in [-0.2, 0) is 17.9 Å². The van der Waals surface area contributed by atoms with Crippen LogP contribution in [0, 0.1) is 0 Å². The number of aliphatic imine (C=N–C) groups is 1. The van der Waals surface area contributed by atoms with E-state index in [2.05, 4.69) is 58.6 Å². The van der Waals surface area contributed by atoms with Gasteiger partial charge in [0.1, 0.15) is 0 Å². The largest absolute Gasteiger partial charge is 0.355 e. The first-order valence-corrected chi connectivity index (χ1v) is 10.5. The number of nitrogens with one attached hydrogen (secondary N) is 2. The van der Waals surface area contributed by atoms with Gasteiger partial charge in [-0.25, -0.2) is 0 Å². The van der Waals surface area contributed by atoms with Gasteiger partial charge in [0.05, 0.1) is 0 Å². The van der Waals surface area contributed by atoms with Crippen molar-refractivity contribution in [2.75, 3.05) is 25.9 Å². The van der Waals surface area contributed by atoms with Crippen molar-refractivity contribution in [2.24, 2.45) is 4.99 Å². The number of carbonyl (C=O) groups excluding carboxylic acids is 1. The molecular formula is C20H31IN4OS. The zero-order valence-corrected chi connectivity index (χ0v) is 19.4. The molecule has 3 rings (SSSR count). The highest BCUT2D eigenvalue weighted by atomic mass is 127. The predicted octanol–water partition coefficient (Wildman–Crippen LogP) is 3.38. The predicted molar refractivity (Wildman–Crippen MR) is 125 cm³/mol. The third-order valence-electron chi connectivity index (χ3n) is 5.15. The molecule has 0 spiro atoms. The summed E-state index contributed by atoms with van der Waals surface area (Å²) in [4.78, 5) is 18.1. The van der Waals surface area contributed by atoms with E-state index in [0.29, 0.717) is 11.2 Å². The van der Waals surface area contributed by atoms with Crippen LogP contribution in [0.5, 0.6) is 0 Å². The number of likely N-dealkylation sites (tertiary alicyclic amines) is 1. The zero-order valence-electron chi connectivity index (χ0n) is 16.3. The van der Waals surface area contributed by atoms with E-state index >= 15 is 0 Å². The summed E-state index contributed by atoms with van der Waals surface area (Å²) in [5, 5.41) is 6.87. The Morgan fingerprint density at radius 1 is 1.30 bits per heavy atom. The summed E-state index contributed by atoms with van der Waals surface area (Å²) >= 11 is 2.05. The van der Waals surface area contributed by atoms with Crippen molar-refractivity contribution in [1.29, 1.82) is 0 Å². The summed E-state index contributed by atoms with van der Waals surface area (Å²) < 4.78 is 0.319. The monoisotopic (exact) mass is 502 g/mol. The number of carbonyl (C=O) groups is 1. The standard InChI is InChI=1S/C20H30N4OS.HI/c1-20(9-5-11-26-20)15-23-19(21-2)22-13-16-6-3-7-17(12-16)14-24-10-4-8-18(24)25;/h3,6-7,12H,4-5,8-11,13-15H2,1-2H3,(H2,21,22,23);1H. The van der Waals surface area contributed by atoms with Crippen LogP contribution in [0.4, 0.5) is 0 Å². The van der Waals surface area contributed by atoms with Crippen molar-refractivity contribution < 1.29 is 4.79 Å². The molecule has 2 aliphatic rings. The Kier molecular flexibility index (Phi) is 8.72. The lowest BCUT2D eigenvalue weighted by molar-refractivity contribution is -0.128. The fourth-order valence-electron chi connectivity index (χ4n) is 3.58. The molecule has 2 heterocycles. The molecule has 1 amide bonds. The second-order valence-electron chi connectivity index (χ2n) is 7.42. The van der Waals surface area contributed by atoms with Gasteiger partial charge in [-0.2, -0.15) is 11.8 Å². The SMILES string of the molecule is CN=C(NCc1cccc(CN2CCCC2=O)c1)NCC1(C)CCCS1.I. The van der Waals surface area contributed by atoms with E-state index < -0.39 is 0 Å². The van der Waals surface area contributed by atoms with Crippen LogP contribution in [0.2, 0.25) is 0 Å². The highest BCUT2D eigenvalue weighted by Crippen LogP contribution is 2.36. The third kappa shape index (κ3) is 6.55. The third-order valence-corrected chi connectivity index (χ3v) is 6.69. The summed E-state index contributed by atoms with van der Waals surface area (Å²) in [5.74, 6) is 2.38. The van der Waals surface area contributed by atoms with Crippen LogP contribution in [0.15, 0.2) is 29.3 Å². The van der Waals surface area contributed by atoms with Crippen LogP contribution < -0.4 is 10.6 Å². The number of amides is 1. The van der Waals surface area contributed by atoms with Gasteiger partial charge in [0.2, 0.25) is 5.91 Å². The molecule has 150 valence electrons. The number of hydrogen-bond acceptors (Lipinski definition) is 3. The highest BCUT2D eigenvalue weighted by molar-refractivity contribution is 14.0. The van der Waals surface area contributed by atoms with Gasteiger partial charge >= 0.3 is 0 Å². The average Bonchev–Trinajstić information content (AvgIpc) is 3.25. The lowest BCUT2D eigenvalue weighted by Crippen LogP contribution is -2.43. The Labute approximate surface area is 184 Å². The van der Waals surface area contributed by atoms with Crippen molar-refractivity contribution >= 4 is 47.6 Å². The van der Waals surface area contributed by atoms with Gasteiger partial charge in [0.25, 0.3) is 0 Å². The maximum atomic E-state index is 11.8. The van der Waals surface area contributed by atoms with Crippen LogP contribution in [0.25, 0.3) is 0 Å². The fraction of sp³-hybridized carbons (Fsp3) is 0.600. The molecule has 0 saturated carbocycles. The molecule has 1 unspecified atom stereocenters. The van der Waals surface area contributed by atoms with Gasteiger partial charge in [0, 0.05) is 44.4 Å². The van der Waals surface area contributed by atoms with Crippen molar-refractivity contribution in [2.45, 2.75) is 50.4 Å². The number of rotatable bonds is 6. The summed E-state index contributed by atoms with van der Waals surface area (Å²) in [7, 11) is 1.81. The first-order chi connectivity index (χ1) is 12.6. The first kappa shape index (κ1) is 22.3. The van der Waals surface area contributed by atoms with Crippen molar-refractivity contribution in [1.82, 2.24) is 15.5 Å². The van der Waals surface area contributed by atoms with E-state index in [-0.39, 0.29) is 29.9 Å². The fourth-order valence-corrected chi connectivity index (χ4v) is 4.83. The molecule has 0 aromatic heterocycles. The molecule has 1 atom stereocenters. The minimum atomic E-state index is 0. The van der Waals surface area contributed by atoms with E-state index in [9.17, 15) is 4.79 Å². The Hall–Kier alpha value is -0.960. The molecule has 1 aromatic rings. The van der Waals surface area contributed by atoms with Gasteiger partial charge in [-0.1, -0.05) is 24.3 Å². The van der Waals surface area contributed by atoms with E-state index in [1.165, 1.54) is 29.7 Å². The van der Waals surface area contributed by atoms with Gasteiger partial charge in [-0.05, 0) is 43.1 Å². The summed E-state index contributed by atoms with van der Waals surface area (Å²) in [6.07, 6.45) is 4.25. The van der Waals surface area contributed by atoms with E-state index in [0.717, 1.165) is 38.6 Å². The molecule has 2 fully saturated rings. The molecule has 0 bridgehead atoms. The maximum absolute atomic E-state index is 11.8. The molecule has 1 aromatic carbocycles. The molecule has 0 radical (unpaired) electrons. The van der Waals surface area contributed by atoms with Crippen LogP contribution in [0.1, 0.15) is 43.7 Å². The van der Waals surface area contributed by atoms with Crippen molar-refractivity contribution in [3.05, 3.63) is 35.4 Å². The number of guanidine groups is 1. The number of halogens is 1. The Bertz CT molecular complexity index is 661. The maximum Gasteiger partial charge on any atom is 0.222 e. The Morgan fingerprint density at radius 2 is 2.11 bits per heavy atom. The number of thioether (sulfide) groups is 1. The number of hydrogen-bond donors (Lipinski definition) is 2. The molecule has 2 aliphatic heterocycles. The van der Waals surface area contributed by atoms with Gasteiger partial charge in [-0.15, -0.1) is 24.0 Å². The average molecular weight is 502 g/mol. The Morgan fingerprint density at radius 3 is 2.78 bits per heavy atom. The molecule has 0 aliphatic carbocycles. The normalized spacial score (nSPS) is 22.7. The van der Waals surface area contributed by atoms with Crippen LogP contribution in [-0.4, -0.2) is 47.4 Å². The minimum Gasteiger partial charge on any atom is -0.355 e. The number of benzene rings is 1. The van der Waals surface area contributed by atoms with Gasteiger partial charge < -0.3 is 15.5 Å². The summed E-state index contributed by atoms with van der Waals surface area (Å²) in [6.45, 7) is 5.59. The van der Waals surface area contributed by atoms with Gasteiger partial charge in [-0.3, -0.25) is 9.79 Å². The molecule has 7 heteroatoms. The zero-order chi connectivity index (χ0) is 18.4. The smallest absolute Gasteiger partial charge is 0.222 e. The van der Waals surface area contributed by atoms with Gasteiger partial charge in [0.15, 0.2) is 5.96 Å². The topological polar surface area (TPSA) is 56.7 Å². The second kappa shape index (κ2) is 10.5. The summed E-state index contributed by atoms with van der Waals surface area (Å²) in [6, 6.07) is 8.46. The highest BCUT2D eigenvalue weighted by Gasteiger charge is 2.29. The van der Waals surface area contributed by atoms with Crippen molar-refractivity contribution in [3.63, 3.8) is 0 Å². The first-order valence-electron chi connectivity index (χ1n) is 9.52. The van der Waals surface area contributed by atoms with Crippen LogP contribution in [0.3, 0.4) is 0 Å². The minimum absolute atomic E-state index is 0. The number of nitrogens with zero attached hydrogens (tertiary/aromatic N) is 2. The molecular weight excluding hydrogens is 471 g/mol. The molecule has 5 nitrogen and oxygen atoms in total. The summed E-state index contributed by atoms with van der Waals surface area (Å²) in [5.41, 5.74) is 2.40. The lowest BCUT2D eigenvalue weighted by atomic mass is 10.1.